The van der Waals surface area contributed by atoms with E-state index in [9.17, 15) is 8.42 Å². The molecule has 0 aliphatic carbocycles. The Bertz CT molecular complexity index is 1140. The van der Waals surface area contributed by atoms with Crippen LogP contribution in [0.2, 0.25) is 0 Å². The van der Waals surface area contributed by atoms with Crippen molar-refractivity contribution < 1.29 is 25.7 Å². The summed E-state index contributed by atoms with van der Waals surface area (Å²) in [7, 11) is 5.45. The SMILES string of the molecule is Cc1cc(C)c(N=Cc2ccc(/C=N/S(=O)(=O)Oc3ccccc3)[nH]2)c(C)c1.[Cl][Fe][Cl]. The molecule has 0 fully saturated rings. The third kappa shape index (κ3) is 8.51. The summed E-state index contributed by atoms with van der Waals surface area (Å²) in [5.41, 5.74) is 5.60. The second-order valence-electron chi connectivity index (χ2n) is 6.48. The number of nitrogens with one attached hydrogen (secondary N) is 1. The summed E-state index contributed by atoms with van der Waals surface area (Å²) >= 11 is 0.194. The Hall–Kier alpha value is -2.09. The Morgan fingerprint density at radius 3 is 2.06 bits per heavy atom. The Kier molecular flexibility index (Phi) is 9.81. The van der Waals surface area contributed by atoms with Crippen LogP contribution in [0.1, 0.15) is 28.1 Å². The van der Waals surface area contributed by atoms with Crippen LogP contribution < -0.4 is 4.18 Å². The molecule has 1 heterocycles. The van der Waals surface area contributed by atoms with Crippen molar-refractivity contribution in [2.75, 3.05) is 0 Å². The number of aryl methyl sites for hydroxylation is 3. The van der Waals surface area contributed by atoms with Crippen molar-refractivity contribution in [2.24, 2.45) is 9.39 Å². The quantitative estimate of drug-likeness (QED) is 0.328. The molecule has 0 spiro atoms. The molecular weight excluding hydrogens is 501 g/mol. The topological polar surface area (TPSA) is 83.9 Å². The number of aromatic amines is 1. The van der Waals surface area contributed by atoms with E-state index in [0.717, 1.165) is 22.5 Å². The van der Waals surface area contributed by atoms with Gasteiger partial charge in [-0.3, -0.25) is 4.99 Å². The molecule has 3 rings (SSSR count). The number of rotatable bonds is 6. The number of hydrogen-bond donors (Lipinski definition) is 1. The van der Waals surface area contributed by atoms with E-state index in [1.807, 2.05) is 13.8 Å². The zero-order valence-corrected chi connectivity index (χ0v) is 20.4. The van der Waals surface area contributed by atoms with Gasteiger partial charge in [-0.2, -0.15) is 8.42 Å². The van der Waals surface area contributed by atoms with Gasteiger partial charge in [-0.05, 0) is 56.2 Å². The predicted octanol–water partition coefficient (Wildman–Crippen LogP) is 5.81. The Morgan fingerprint density at radius 2 is 1.48 bits per heavy atom. The van der Waals surface area contributed by atoms with E-state index < -0.39 is 10.3 Å². The first-order valence-electron chi connectivity index (χ1n) is 8.95. The molecule has 0 amide bonds. The van der Waals surface area contributed by atoms with Gasteiger partial charge in [0.2, 0.25) is 0 Å². The average Bonchev–Trinajstić information content (AvgIpc) is 3.15. The van der Waals surface area contributed by atoms with Crippen LogP contribution in [0.4, 0.5) is 5.69 Å². The van der Waals surface area contributed by atoms with E-state index in [1.54, 1.807) is 48.7 Å². The van der Waals surface area contributed by atoms with Crippen LogP contribution in [-0.2, 0) is 23.4 Å². The molecule has 0 unspecified atom stereocenters. The Morgan fingerprint density at radius 1 is 0.935 bits per heavy atom. The maximum atomic E-state index is 11.9. The van der Waals surface area contributed by atoms with E-state index in [-0.39, 0.29) is 18.9 Å². The number of nitrogens with zero attached hydrogens (tertiary/aromatic N) is 2. The van der Waals surface area contributed by atoms with Gasteiger partial charge in [-0.25, -0.2) is 0 Å². The van der Waals surface area contributed by atoms with Crippen molar-refractivity contribution in [1.29, 1.82) is 0 Å². The Labute approximate surface area is 197 Å². The van der Waals surface area contributed by atoms with Crippen molar-refractivity contribution in [3.8, 4) is 5.75 Å². The summed E-state index contributed by atoms with van der Waals surface area (Å²) in [6.45, 7) is 6.10. The van der Waals surface area contributed by atoms with Gasteiger partial charge in [0.1, 0.15) is 5.75 Å². The van der Waals surface area contributed by atoms with Gasteiger partial charge in [0.15, 0.2) is 0 Å². The second kappa shape index (κ2) is 12.1. The van der Waals surface area contributed by atoms with Crippen LogP contribution in [0.5, 0.6) is 5.75 Å². The minimum atomic E-state index is -4.08. The van der Waals surface area contributed by atoms with Gasteiger partial charge >= 0.3 is 43.6 Å². The van der Waals surface area contributed by atoms with E-state index in [1.165, 1.54) is 11.8 Å². The zero-order chi connectivity index (χ0) is 22.9. The first-order chi connectivity index (χ1) is 14.7. The van der Waals surface area contributed by atoms with Crippen LogP contribution in [0, 0.1) is 20.8 Å². The molecule has 0 bridgehead atoms. The molecule has 3 aromatic rings. The number of benzene rings is 2. The molecule has 0 saturated heterocycles. The molecule has 0 radical (unpaired) electrons. The molecule has 1 aromatic heterocycles. The fourth-order valence-electron chi connectivity index (χ4n) is 2.83. The predicted molar refractivity (Wildman–Crippen MR) is 124 cm³/mol. The molecule has 1 N–H and O–H groups in total. The standard InChI is InChI=1S/C21H21N3O3S.2ClH.Fe/c1-15-11-16(2)21(17(3)12-15)22-13-18-9-10-19(24-18)14-23-28(25,26)27-20-7-5-4-6-8-20;;;/h4-14,24H,1-3H3;2*1H;/q;;;+2/p-2/b22-13?,23-14+;;;. The van der Waals surface area contributed by atoms with E-state index in [0.29, 0.717) is 5.69 Å². The molecule has 0 aliphatic heterocycles. The van der Waals surface area contributed by atoms with Crippen LogP contribution in [0.15, 0.2) is 64.0 Å². The van der Waals surface area contributed by atoms with Gasteiger partial charge in [-0.1, -0.05) is 35.9 Å². The summed E-state index contributed by atoms with van der Waals surface area (Å²) in [6, 6.07) is 15.9. The van der Waals surface area contributed by atoms with Crippen LogP contribution in [0.25, 0.3) is 0 Å². The summed E-state index contributed by atoms with van der Waals surface area (Å²) in [5.74, 6) is 0.211. The third-order valence-electron chi connectivity index (χ3n) is 3.96. The van der Waals surface area contributed by atoms with Crippen LogP contribution in [0.3, 0.4) is 0 Å². The number of H-pyrrole nitrogens is 1. The minimum absolute atomic E-state index is 0.194. The first kappa shape index (κ1) is 25.2. The van der Waals surface area contributed by atoms with Crippen molar-refractivity contribution in [3.05, 3.63) is 82.7 Å². The molecule has 31 heavy (non-hydrogen) atoms. The van der Waals surface area contributed by atoms with Gasteiger partial charge in [0, 0.05) is 0 Å². The number of halogens is 2. The van der Waals surface area contributed by atoms with Gasteiger partial charge < -0.3 is 9.17 Å². The van der Waals surface area contributed by atoms with Crippen molar-refractivity contribution >= 4 is 48.6 Å². The van der Waals surface area contributed by atoms with Crippen molar-refractivity contribution in [1.82, 2.24) is 4.98 Å². The number of aliphatic imine (C=N–C) groups is 1. The van der Waals surface area contributed by atoms with Gasteiger partial charge in [0.25, 0.3) is 0 Å². The fraction of sp³-hybridized carbons (Fsp3) is 0.143. The Balaban J connectivity index is 0.00000107. The van der Waals surface area contributed by atoms with Crippen molar-refractivity contribution in [2.45, 2.75) is 20.8 Å². The molecule has 10 heteroatoms. The van der Waals surface area contributed by atoms with Gasteiger partial charge in [-0.15, -0.1) is 4.40 Å². The monoisotopic (exact) mass is 521 g/mol. The maximum absolute atomic E-state index is 11.9. The zero-order valence-electron chi connectivity index (χ0n) is 17.0. The molecular formula is C21H21Cl2FeN3O3S. The van der Waals surface area contributed by atoms with E-state index >= 15 is 0 Å². The third-order valence-corrected chi connectivity index (χ3v) is 4.73. The van der Waals surface area contributed by atoms with E-state index in [2.05, 4.69) is 33.4 Å². The fourth-order valence-corrected chi connectivity index (χ4v) is 3.47. The number of aromatic nitrogens is 1. The van der Waals surface area contributed by atoms with Crippen LogP contribution in [-0.4, -0.2) is 25.8 Å². The van der Waals surface area contributed by atoms with Crippen LogP contribution >= 0.6 is 20.2 Å². The molecule has 0 aliphatic rings. The molecule has 2 aromatic carbocycles. The molecule has 0 saturated carbocycles. The molecule has 0 atom stereocenters. The van der Waals surface area contributed by atoms with Gasteiger partial charge in [0.05, 0.1) is 29.5 Å². The summed E-state index contributed by atoms with van der Waals surface area (Å²) in [4.78, 5) is 7.60. The van der Waals surface area contributed by atoms with Crippen molar-refractivity contribution in [3.63, 3.8) is 0 Å². The molecule has 166 valence electrons. The van der Waals surface area contributed by atoms with E-state index in [4.69, 9.17) is 24.4 Å². The summed E-state index contributed by atoms with van der Waals surface area (Å²) in [6.07, 6.45) is 2.91. The summed E-state index contributed by atoms with van der Waals surface area (Å²) < 4.78 is 32.3. The second-order valence-corrected chi connectivity index (χ2v) is 9.54. The number of para-hydroxylation sites is 1. The average molecular weight is 522 g/mol. The summed E-state index contributed by atoms with van der Waals surface area (Å²) in [5, 5.41) is 0. The molecule has 6 nitrogen and oxygen atoms in total. The normalized spacial score (nSPS) is 11.6. The number of hydrogen-bond acceptors (Lipinski definition) is 4. The first-order valence-corrected chi connectivity index (χ1v) is 13.4.